The van der Waals surface area contributed by atoms with E-state index >= 15 is 0 Å². The Kier molecular flexibility index (Phi) is 5.56. The Morgan fingerprint density at radius 2 is 1.78 bits per heavy atom. The van der Waals surface area contributed by atoms with Gasteiger partial charge in [-0.25, -0.2) is 4.79 Å². The maximum Gasteiger partial charge on any atom is 0.341 e. The van der Waals surface area contributed by atoms with Crippen LogP contribution in [0.3, 0.4) is 0 Å². The van der Waals surface area contributed by atoms with Gasteiger partial charge in [-0.15, -0.1) is 0 Å². The topological polar surface area (TPSA) is 84.9 Å². The van der Waals surface area contributed by atoms with E-state index in [9.17, 15) is 14.7 Å². The summed E-state index contributed by atoms with van der Waals surface area (Å²) in [5.74, 6) is -0.664. The molecule has 0 saturated heterocycles. The number of esters is 1. The lowest BCUT2D eigenvalue weighted by molar-refractivity contribution is -0.118. The van der Waals surface area contributed by atoms with E-state index in [4.69, 9.17) is 9.47 Å². The Labute approximate surface area is 156 Å². The second-order valence-electron chi connectivity index (χ2n) is 5.80. The van der Waals surface area contributed by atoms with Crippen LogP contribution in [0.2, 0.25) is 0 Å². The van der Waals surface area contributed by atoms with Crippen LogP contribution in [0.4, 0.5) is 5.69 Å². The van der Waals surface area contributed by atoms with Crippen molar-refractivity contribution in [2.75, 3.05) is 18.5 Å². The van der Waals surface area contributed by atoms with Crippen molar-refractivity contribution in [2.24, 2.45) is 0 Å². The Morgan fingerprint density at radius 3 is 2.56 bits per heavy atom. The molecule has 2 N–H and O–H groups in total. The molecule has 3 rings (SSSR count). The predicted molar refractivity (Wildman–Crippen MR) is 102 cm³/mol. The highest BCUT2D eigenvalue weighted by atomic mass is 16.5. The van der Waals surface area contributed by atoms with Crippen molar-refractivity contribution in [3.8, 4) is 11.5 Å². The van der Waals surface area contributed by atoms with Crippen LogP contribution in [0.15, 0.2) is 60.7 Å². The van der Waals surface area contributed by atoms with Gasteiger partial charge in [0.1, 0.15) is 17.1 Å². The van der Waals surface area contributed by atoms with E-state index in [1.807, 2.05) is 36.4 Å². The van der Waals surface area contributed by atoms with E-state index in [-0.39, 0.29) is 30.4 Å². The molecular weight excluding hydrogens is 346 g/mol. The number of carbonyl (C=O) groups excluding carboxylic acids is 2. The van der Waals surface area contributed by atoms with Crippen molar-refractivity contribution in [3.05, 3.63) is 66.2 Å². The minimum absolute atomic E-state index is 0.00917. The molecule has 6 heteroatoms. The van der Waals surface area contributed by atoms with Gasteiger partial charge in [0.05, 0.1) is 6.61 Å². The van der Waals surface area contributed by atoms with E-state index < -0.39 is 5.97 Å². The molecule has 0 spiro atoms. The average molecular weight is 365 g/mol. The Bertz CT molecular complexity index is 983. The maximum absolute atomic E-state index is 12.1. The van der Waals surface area contributed by atoms with Gasteiger partial charge in [0.15, 0.2) is 6.61 Å². The van der Waals surface area contributed by atoms with Gasteiger partial charge < -0.3 is 19.9 Å². The third kappa shape index (κ3) is 4.55. The summed E-state index contributed by atoms with van der Waals surface area (Å²) in [5, 5.41) is 14.5. The first-order valence-electron chi connectivity index (χ1n) is 8.48. The summed E-state index contributed by atoms with van der Waals surface area (Å²) in [5.41, 5.74) is 0.355. The van der Waals surface area contributed by atoms with Gasteiger partial charge in [-0.1, -0.05) is 30.3 Å². The van der Waals surface area contributed by atoms with Crippen LogP contribution in [-0.2, 0) is 9.53 Å². The molecule has 1 amide bonds. The van der Waals surface area contributed by atoms with E-state index in [0.29, 0.717) is 11.4 Å². The Hall–Kier alpha value is -3.54. The summed E-state index contributed by atoms with van der Waals surface area (Å²) in [4.78, 5) is 23.9. The van der Waals surface area contributed by atoms with Gasteiger partial charge in [0.2, 0.25) is 0 Å². The number of aromatic hydroxyl groups is 1. The molecule has 27 heavy (non-hydrogen) atoms. The molecule has 0 aliphatic rings. The van der Waals surface area contributed by atoms with Gasteiger partial charge in [-0.3, -0.25) is 4.79 Å². The highest BCUT2D eigenvalue weighted by Gasteiger charge is 2.14. The summed E-state index contributed by atoms with van der Waals surface area (Å²) < 4.78 is 10.4. The molecule has 0 heterocycles. The molecular formula is C21H19NO5. The number of benzene rings is 3. The molecule has 0 fully saturated rings. The van der Waals surface area contributed by atoms with Crippen LogP contribution in [0.1, 0.15) is 17.3 Å². The van der Waals surface area contributed by atoms with Crippen LogP contribution in [0.5, 0.6) is 11.5 Å². The fourth-order valence-electron chi connectivity index (χ4n) is 2.59. The van der Waals surface area contributed by atoms with Crippen LogP contribution < -0.4 is 10.1 Å². The van der Waals surface area contributed by atoms with Gasteiger partial charge in [0.25, 0.3) is 5.91 Å². The number of ether oxygens (including phenoxy) is 2. The molecule has 138 valence electrons. The first-order valence-corrected chi connectivity index (χ1v) is 8.48. The van der Waals surface area contributed by atoms with Gasteiger partial charge in [0, 0.05) is 5.69 Å². The maximum atomic E-state index is 12.1. The smallest absolute Gasteiger partial charge is 0.341 e. The minimum Gasteiger partial charge on any atom is -0.507 e. The second kappa shape index (κ2) is 8.23. The fourth-order valence-corrected chi connectivity index (χ4v) is 2.59. The number of nitrogens with one attached hydrogen (secondary N) is 1. The summed E-state index contributed by atoms with van der Waals surface area (Å²) in [6.07, 6.45) is 0. The molecule has 0 aromatic heterocycles. The fraction of sp³-hybridized carbons (Fsp3) is 0.143. The number of fused-ring (bicyclic) bond motifs is 1. The zero-order chi connectivity index (χ0) is 19.2. The van der Waals surface area contributed by atoms with Gasteiger partial charge in [-0.2, -0.15) is 0 Å². The second-order valence-corrected chi connectivity index (χ2v) is 5.80. The number of phenolic OH excluding ortho intramolecular Hbond substituents is 1. The number of hydrogen-bond donors (Lipinski definition) is 2. The number of phenols is 1. The quantitative estimate of drug-likeness (QED) is 0.513. The lowest BCUT2D eigenvalue weighted by Crippen LogP contribution is -2.20. The van der Waals surface area contributed by atoms with Crippen molar-refractivity contribution in [1.82, 2.24) is 0 Å². The van der Waals surface area contributed by atoms with Crippen LogP contribution >= 0.6 is 0 Å². The molecule has 0 aliphatic heterocycles. The third-order valence-corrected chi connectivity index (χ3v) is 3.87. The summed E-state index contributed by atoms with van der Waals surface area (Å²) in [6, 6.07) is 17.6. The summed E-state index contributed by atoms with van der Waals surface area (Å²) in [6.45, 7) is 1.67. The van der Waals surface area contributed by atoms with E-state index in [2.05, 4.69) is 5.32 Å². The molecule has 0 unspecified atom stereocenters. The molecule has 0 bridgehead atoms. The molecule has 0 atom stereocenters. The molecule has 0 radical (unpaired) electrons. The SMILES string of the molecule is CCOC(=O)c1cc(NC(=O)COc2ccc3ccccc3c2)ccc1O. The summed E-state index contributed by atoms with van der Waals surface area (Å²) in [7, 11) is 0. The molecule has 3 aromatic carbocycles. The normalized spacial score (nSPS) is 10.4. The molecule has 0 aliphatic carbocycles. The van der Waals surface area contributed by atoms with Crippen molar-refractivity contribution in [3.63, 3.8) is 0 Å². The Balaban J connectivity index is 1.63. The van der Waals surface area contributed by atoms with Crippen molar-refractivity contribution < 1.29 is 24.2 Å². The summed E-state index contributed by atoms with van der Waals surface area (Å²) >= 11 is 0. The highest BCUT2D eigenvalue weighted by Crippen LogP contribution is 2.23. The minimum atomic E-state index is -0.654. The predicted octanol–water partition coefficient (Wildman–Crippen LogP) is 3.74. The molecule has 0 saturated carbocycles. The van der Waals surface area contributed by atoms with Crippen molar-refractivity contribution >= 4 is 28.3 Å². The van der Waals surface area contributed by atoms with Gasteiger partial charge >= 0.3 is 5.97 Å². The van der Waals surface area contributed by atoms with Gasteiger partial charge in [-0.05, 0) is 48.0 Å². The van der Waals surface area contributed by atoms with E-state index in [1.165, 1.54) is 18.2 Å². The van der Waals surface area contributed by atoms with Crippen molar-refractivity contribution in [1.29, 1.82) is 0 Å². The standard InChI is InChI=1S/C21H19NO5/c1-2-26-21(25)18-12-16(8-10-19(18)23)22-20(24)13-27-17-9-7-14-5-3-4-6-15(14)11-17/h3-12,23H,2,13H2,1H3,(H,22,24). The number of anilines is 1. The molecule has 3 aromatic rings. The average Bonchev–Trinajstić information content (AvgIpc) is 2.68. The largest absolute Gasteiger partial charge is 0.507 e. The first kappa shape index (κ1) is 18.3. The van der Waals surface area contributed by atoms with Crippen molar-refractivity contribution in [2.45, 2.75) is 6.92 Å². The monoisotopic (exact) mass is 365 g/mol. The lowest BCUT2D eigenvalue weighted by Gasteiger charge is -2.10. The number of hydrogen-bond acceptors (Lipinski definition) is 5. The molecule has 6 nitrogen and oxygen atoms in total. The number of amides is 1. The lowest BCUT2D eigenvalue weighted by atomic mass is 10.1. The highest BCUT2D eigenvalue weighted by molar-refractivity contribution is 5.97. The van der Waals surface area contributed by atoms with Crippen LogP contribution in [0, 0.1) is 0 Å². The zero-order valence-electron chi connectivity index (χ0n) is 14.8. The third-order valence-electron chi connectivity index (χ3n) is 3.87. The van der Waals surface area contributed by atoms with E-state index in [1.54, 1.807) is 13.0 Å². The Morgan fingerprint density at radius 1 is 1.00 bits per heavy atom. The van der Waals surface area contributed by atoms with E-state index in [0.717, 1.165) is 10.8 Å². The first-order chi connectivity index (χ1) is 13.1. The van der Waals surface area contributed by atoms with Crippen LogP contribution in [0.25, 0.3) is 10.8 Å². The van der Waals surface area contributed by atoms with Crippen LogP contribution in [-0.4, -0.2) is 30.2 Å². The number of rotatable bonds is 6. The number of carbonyl (C=O) groups is 2. The zero-order valence-corrected chi connectivity index (χ0v) is 14.8.